The van der Waals surface area contributed by atoms with Gasteiger partial charge in [0.2, 0.25) is 0 Å². The van der Waals surface area contributed by atoms with Gasteiger partial charge >= 0.3 is 0 Å². The number of nitrogens with zero attached hydrogens (tertiary/aromatic N) is 3. The fraction of sp³-hybridized carbons (Fsp3) is 0.562. The molecule has 3 N–H and O–H groups in total. The fourth-order valence-corrected chi connectivity index (χ4v) is 4.01. The van der Waals surface area contributed by atoms with E-state index >= 15 is 0 Å². The number of methoxy groups -OCH3 is 1. The molecular weight excluding hydrogens is 327 g/mol. The molecule has 8 heteroatoms. The van der Waals surface area contributed by atoms with Gasteiger partial charge in [0.05, 0.1) is 18.1 Å². The third-order valence-electron chi connectivity index (χ3n) is 4.37. The van der Waals surface area contributed by atoms with Crippen molar-refractivity contribution in [1.82, 2.24) is 14.5 Å². The molecule has 0 amide bonds. The number of rotatable bonds is 5. The van der Waals surface area contributed by atoms with Crippen molar-refractivity contribution >= 4 is 30.0 Å². The first-order valence-corrected chi connectivity index (χ1v) is 11.0. The maximum Gasteiger partial charge on any atom is 0.165 e. The number of hydrogen-bond donors (Lipinski definition) is 2. The number of aliphatic hydroxyl groups is 1. The van der Waals surface area contributed by atoms with Gasteiger partial charge in [-0.15, -0.1) is 13.2 Å². The van der Waals surface area contributed by atoms with Crippen molar-refractivity contribution in [3.8, 4) is 0 Å². The van der Waals surface area contributed by atoms with Crippen molar-refractivity contribution in [2.45, 2.75) is 31.0 Å². The third kappa shape index (κ3) is 3.22. The molecule has 132 valence electrons. The summed E-state index contributed by atoms with van der Waals surface area (Å²) in [5.41, 5.74) is 7.76. The smallest absolute Gasteiger partial charge is 0.165 e. The highest BCUT2D eigenvalue weighted by Crippen LogP contribution is 2.40. The van der Waals surface area contributed by atoms with Gasteiger partial charge in [-0.05, 0) is 32.0 Å². The Hall–Kier alpha value is -1.40. The van der Waals surface area contributed by atoms with E-state index in [0.29, 0.717) is 16.9 Å². The molecule has 0 aromatic carbocycles. The Bertz CT molecular complexity index is 772. The van der Waals surface area contributed by atoms with Crippen LogP contribution in [0.5, 0.6) is 0 Å². The maximum absolute atomic E-state index is 10.6. The Morgan fingerprint density at radius 3 is 2.88 bits per heavy atom. The van der Waals surface area contributed by atoms with Gasteiger partial charge in [-0.2, -0.15) is 0 Å². The largest absolute Gasteiger partial charge is 0.397 e. The zero-order valence-electron chi connectivity index (χ0n) is 14.3. The van der Waals surface area contributed by atoms with Crippen LogP contribution in [-0.2, 0) is 9.47 Å². The van der Waals surface area contributed by atoms with Crippen LogP contribution < -0.4 is 5.73 Å². The summed E-state index contributed by atoms with van der Waals surface area (Å²) in [6.07, 6.45) is 7.23. The second-order valence-electron chi connectivity index (χ2n) is 6.93. The van der Waals surface area contributed by atoms with E-state index in [0.717, 1.165) is 12.6 Å². The summed E-state index contributed by atoms with van der Waals surface area (Å²) in [5, 5.41) is 10.6. The van der Waals surface area contributed by atoms with Crippen LogP contribution in [-0.4, -0.2) is 70.9 Å². The van der Waals surface area contributed by atoms with Gasteiger partial charge in [0.25, 0.3) is 0 Å². The van der Waals surface area contributed by atoms with Crippen LogP contribution in [0.1, 0.15) is 12.6 Å². The number of aromatic nitrogens is 3. The summed E-state index contributed by atoms with van der Waals surface area (Å²) in [5.74, 6) is 0. The van der Waals surface area contributed by atoms with E-state index in [1.54, 1.807) is 30.3 Å². The van der Waals surface area contributed by atoms with Gasteiger partial charge in [-0.1, -0.05) is 0 Å². The fourth-order valence-electron chi connectivity index (χ4n) is 3.05. The first-order chi connectivity index (χ1) is 11.3. The molecule has 7 nitrogen and oxygen atoms in total. The number of nitrogens with two attached hydrogens (primary N) is 1. The summed E-state index contributed by atoms with van der Waals surface area (Å²) in [6, 6.07) is 1.71. The van der Waals surface area contributed by atoms with Crippen LogP contribution in [0.2, 0.25) is 0 Å². The van der Waals surface area contributed by atoms with E-state index < -0.39 is 25.3 Å². The van der Waals surface area contributed by atoms with Crippen molar-refractivity contribution in [3.63, 3.8) is 0 Å². The maximum atomic E-state index is 10.6. The summed E-state index contributed by atoms with van der Waals surface area (Å²) in [4.78, 5) is 8.67. The summed E-state index contributed by atoms with van der Waals surface area (Å²) in [6.45, 7) is 3.17. The molecule has 2 aromatic heterocycles. The molecule has 1 saturated heterocycles. The van der Waals surface area contributed by atoms with E-state index in [1.807, 2.05) is 0 Å². The van der Waals surface area contributed by atoms with Crippen molar-refractivity contribution in [2.75, 3.05) is 32.3 Å². The molecular formula is C16H25N4O3P. The van der Waals surface area contributed by atoms with Gasteiger partial charge in [-0.25, -0.2) is 9.97 Å². The average Bonchev–Trinajstić information content (AvgIpc) is 3.06. The van der Waals surface area contributed by atoms with Crippen molar-refractivity contribution in [1.29, 1.82) is 0 Å². The number of aliphatic hydroxyl groups excluding tert-OH is 1. The molecule has 1 aliphatic heterocycles. The zero-order valence-corrected chi connectivity index (χ0v) is 15.2. The monoisotopic (exact) mass is 352 g/mol. The van der Waals surface area contributed by atoms with Crippen LogP contribution in [0.3, 0.4) is 0 Å². The SMILES string of the molecule is C=P(C)(C)CCC1OC(n2cnc3c(N)ccnc32)[C@H](OC)[C@@H]1O. The normalized spacial score (nSPS) is 27.8. The quantitative estimate of drug-likeness (QED) is 0.790. The Kier molecular flexibility index (Phi) is 4.71. The number of nitrogen functional groups attached to an aromatic ring is 1. The highest BCUT2D eigenvalue weighted by Gasteiger charge is 2.45. The van der Waals surface area contributed by atoms with E-state index in [-0.39, 0.29) is 6.10 Å². The lowest BCUT2D eigenvalue weighted by atomic mass is 10.1. The number of pyridine rings is 1. The Balaban J connectivity index is 1.89. The van der Waals surface area contributed by atoms with Gasteiger partial charge in [0.1, 0.15) is 17.7 Å². The average molecular weight is 352 g/mol. The molecule has 1 aliphatic rings. The molecule has 0 spiro atoms. The van der Waals surface area contributed by atoms with Crippen molar-refractivity contribution in [2.24, 2.45) is 0 Å². The standard InChI is InChI=1S/C16H25N4O3P/c1-22-14-13(21)11(6-8-24(2,3)4)23-16(14)20-9-19-12-10(17)5-7-18-15(12)20/h5,7,9,11,13-14,16,21H,2,6,8H2,1,3-4H3,(H2,17,18)/t11?,13-,14-,16?/m1/s1. The Morgan fingerprint density at radius 1 is 1.46 bits per heavy atom. The Labute approximate surface area is 141 Å². The lowest BCUT2D eigenvalue weighted by Crippen LogP contribution is -2.33. The molecule has 3 rings (SSSR count). The molecule has 1 fully saturated rings. The lowest BCUT2D eigenvalue weighted by molar-refractivity contribution is -0.0496. The topological polar surface area (TPSA) is 95.4 Å². The highest BCUT2D eigenvalue weighted by atomic mass is 31.2. The lowest BCUT2D eigenvalue weighted by Gasteiger charge is -2.20. The minimum atomic E-state index is -1.18. The number of ether oxygens (including phenoxy) is 2. The summed E-state index contributed by atoms with van der Waals surface area (Å²) >= 11 is 0. The third-order valence-corrected chi connectivity index (χ3v) is 5.84. The van der Waals surface area contributed by atoms with Gasteiger partial charge in [-0.3, -0.25) is 4.57 Å². The second kappa shape index (κ2) is 6.48. The highest BCUT2D eigenvalue weighted by molar-refractivity contribution is 7.72. The van der Waals surface area contributed by atoms with Crippen LogP contribution in [0.25, 0.3) is 11.2 Å². The summed E-state index contributed by atoms with van der Waals surface area (Å²) in [7, 11) is 1.58. The molecule has 0 bridgehead atoms. The van der Waals surface area contributed by atoms with Gasteiger partial charge in [0.15, 0.2) is 11.9 Å². The first kappa shape index (κ1) is 17.4. The molecule has 0 saturated carbocycles. The van der Waals surface area contributed by atoms with Crippen LogP contribution >= 0.6 is 6.89 Å². The number of anilines is 1. The predicted molar refractivity (Wildman–Crippen MR) is 98.0 cm³/mol. The van der Waals surface area contributed by atoms with Gasteiger partial charge < -0.3 is 20.3 Å². The molecule has 0 radical (unpaired) electrons. The number of fused-ring (bicyclic) bond motifs is 1. The number of imidazole rings is 1. The zero-order chi connectivity index (χ0) is 17.5. The first-order valence-electron chi connectivity index (χ1n) is 7.92. The molecule has 2 unspecified atom stereocenters. The molecule has 0 aliphatic carbocycles. The van der Waals surface area contributed by atoms with Crippen LogP contribution in [0.4, 0.5) is 5.69 Å². The summed E-state index contributed by atoms with van der Waals surface area (Å²) < 4.78 is 13.4. The minimum Gasteiger partial charge on any atom is -0.397 e. The Morgan fingerprint density at radius 2 is 2.21 bits per heavy atom. The molecule has 3 heterocycles. The molecule has 4 atom stereocenters. The minimum absolute atomic E-state index is 0.292. The number of hydrogen-bond acceptors (Lipinski definition) is 6. The predicted octanol–water partition coefficient (Wildman–Crippen LogP) is 1.39. The van der Waals surface area contributed by atoms with E-state index in [9.17, 15) is 5.11 Å². The molecule has 24 heavy (non-hydrogen) atoms. The van der Waals surface area contributed by atoms with E-state index in [1.165, 1.54) is 0 Å². The van der Waals surface area contributed by atoms with Crippen LogP contribution in [0, 0.1) is 0 Å². The van der Waals surface area contributed by atoms with Crippen molar-refractivity contribution < 1.29 is 14.6 Å². The van der Waals surface area contributed by atoms with E-state index in [4.69, 9.17) is 15.2 Å². The van der Waals surface area contributed by atoms with Crippen molar-refractivity contribution in [3.05, 3.63) is 18.6 Å². The van der Waals surface area contributed by atoms with E-state index in [2.05, 4.69) is 29.6 Å². The molecule has 2 aromatic rings. The van der Waals surface area contributed by atoms with Gasteiger partial charge in [0, 0.05) is 13.3 Å². The van der Waals surface area contributed by atoms with Crippen LogP contribution in [0.15, 0.2) is 18.6 Å². The second-order valence-corrected chi connectivity index (χ2v) is 11.2.